The van der Waals surface area contributed by atoms with E-state index in [1.54, 1.807) is 97.1 Å². The number of benzene rings is 4. The molecule has 0 aliphatic carbocycles. The second kappa shape index (κ2) is 42.4. The summed E-state index contributed by atoms with van der Waals surface area (Å²) < 4.78 is 33.8. The largest absolute Gasteiger partial charge is 0.494 e. The maximum Gasteiger partial charge on any atom is 0.343 e. The highest BCUT2D eigenvalue weighted by Crippen LogP contribution is 2.24. The van der Waals surface area contributed by atoms with E-state index < -0.39 is 23.9 Å². The highest BCUT2D eigenvalue weighted by atomic mass is 16.5. The van der Waals surface area contributed by atoms with Crippen molar-refractivity contribution in [3.8, 4) is 34.5 Å². The third-order valence-electron chi connectivity index (χ3n) is 14.0. The third-order valence-corrected chi connectivity index (χ3v) is 14.0. The standard InChI is InChI=1S/C67H96O10/c1-3-5-7-9-11-13-15-17-19-21-23-25-27-29-34-54-72-58-42-38-56(39-43-58)66(70)76-62-50-46-60(47-51-62)74-64(68)36-32-31-33-37-65(69)75-61-48-52-63(53-49-61)77-67(71)57-40-44-59(45-41-57)73-55-35-30-28-26-24-22-20-18-16-14-12-10-8-6-4-2/h38-53H,3-37,54-55H2,1-2H3. The summed E-state index contributed by atoms with van der Waals surface area (Å²) in [5.74, 6) is 1.02. The van der Waals surface area contributed by atoms with Crippen molar-refractivity contribution in [1.82, 2.24) is 0 Å². The first-order chi connectivity index (χ1) is 37.8. The molecule has 0 bridgehead atoms. The number of ether oxygens (including phenoxy) is 6. The van der Waals surface area contributed by atoms with Crippen LogP contribution in [0.1, 0.15) is 259 Å². The van der Waals surface area contributed by atoms with Crippen LogP contribution in [-0.2, 0) is 9.59 Å². The minimum atomic E-state index is -0.493. The summed E-state index contributed by atoms with van der Waals surface area (Å²) >= 11 is 0. The Hall–Kier alpha value is -5.64. The summed E-state index contributed by atoms with van der Waals surface area (Å²) in [6.07, 6.45) is 41.9. The van der Waals surface area contributed by atoms with Gasteiger partial charge in [0, 0.05) is 12.8 Å². The van der Waals surface area contributed by atoms with Gasteiger partial charge in [0.2, 0.25) is 0 Å². The molecule has 0 radical (unpaired) electrons. The molecule has 0 aromatic heterocycles. The van der Waals surface area contributed by atoms with Gasteiger partial charge < -0.3 is 28.4 Å². The van der Waals surface area contributed by atoms with E-state index in [9.17, 15) is 19.2 Å². The van der Waals surface area contributed by atoms with Gasteiger partial charge in [0.25, 0.3) is 0 Å². The number of hydrogen-bond acceptors (Lipinski definition) is 10. The second-order valence-corrected chi connectivity index (χ2v) is 20.9. The summed E-state index contributed by atoms with van der Waals surface area (Å²) in [4.78, 5) is 50.6. The van der Waals surface area contributed by atoms with Crippen LogP contribution in [-0.4, -0.2) is 37.1 Å². The number of esters is 4. The second-order valence-electron chi connectivity index (χ2n) is 20.9. The summed E-state index contributed by atoms with van der Waals surface area (Å²) in [6.45, 7) is 5.86. The van der Waals surface area contributed by atoms with Crippen molar-refractivity contribution in [2.45, 2.75) is 239 Å². The molecule has 0 saturated carbocycles. The van der Waals surface area contributed by atoms with Gasteiger partial charge in [-0.05, 0) is 123 Å². The first-order valence-electron chi connectivity index (χ1n) is 30.3. The van der Waals surface area contributed by atoms with Gasteiger partial charge in [-0.1, -0.05) is 200 Å². The number of carbonyl (C=O) groups is 4. The first kappa shape index (κ1) is 63.9. The lowest BCUT2D eigenvalue weighted by Crippen LogP contribution is -2.10. The van der Waals surface area contributed by atoms with E-state index in [1.165, 1.54) is 167 Å². The van der Waals surface area contributed by atoms with Gasteiger partial charge in [0.15, 0.2) is 0 Å². The third kappa shape index (κ3) is 31.4. The molecule has 0 spiro atoms. The fourth-order valence-electron chi connectivity index (χ4n) is 9.27. The molecule has 0 amide bonds. The average Bonchev–Trinajstić information content (AvgIpc) is 3.44. The minimum Gasteiger partial charge on any atom is -0.494 e. The van der Waals surface area contributed by atoms with Crippen molar-refractivity contribution < 1.29 is 47.6 Å². The lowest BCUT2D eigenvalue weighted by molar-refractivity contribution is -0.134. The molecule has 0 N–H and O–H groups in total. The Labute approximate surface area is 464 Å². The Bertz CT molecular complexity index is 1980. The molecule has 4 aromatic carbocycles. The Kier molecular flexibility index (Phi) is 35.2. The van der Waals surface area contributed by atoms with Crippen LogP contribution in [0.3, 0.4) is 0 Å². The molecule has 4 aromatic rings. The molecule has 0 aliphatic heterocycles. The van der Waals surface area contributed by atoms with E-state index in [0.717, 1.165) is 37.2 Å². The van der Waals surface area contributed by atoms with Gasteiger partial charge in [0.1, 0.15) is 34.5 Å². The number of carbonyl (C=O) groups excluding carboxylic acids is 4. The van der Waals surface area contributed by atoms with Crippen LogP contribution in [0.4, 0.5) is 0 Å². The van der Waals surface area contributed by atoms with E-state index in [0.29, 0.717) is 66.6 Å². The van der Waals surface area contributed by atoms with Crippen LogP contribution in [0.2, 0.25) is 0 Å². The molecule has 0 unspecified atom stereocenters. The Morgan fingerprint density at radius 2 is 0.481 bits per heavy atom. The monoisotopic (exact) mass is 1060 g/mol. The first-order valence-corrected chi connectivity index (χ1v) is 30.3. The van der Waals surface area contributed by atoms with Crippen LogP contribution in [0.15, 0.2) is 97.1 Å². The van der Waals surface area contributed by atoms with Crippen LogP contribution in [0.5, 0.6) is 34.5 Å². The molecule has 0 aliphatic rings. The van der Waals surface area contributed by atoms with Crippen molar-refractivity contribution in [1.29, 1.82) is 0 Å². The van der Waals surface area contributed by atoms with Gasteiger partial charge >= 0.3 is 23.9 Å². The molecule has 77 heavy (non-hydrogen) atoms. The molecular weight excluding hydrogens is 965 g/mol. The molecule has 4 rings (SSSR count). The highest BCUT2D eigenvalue weighted by Gasteiger charge is 2.13. The van der Waals surface area contributed by atoms with Gasteiger partial charge in [-0.2, -0.15) is 0 Å². The van der Waals surface area contributed by atoms with Crippen molar-refractivity contribution in [2.75, 3.05) is 13.2 Å². The van der Waals surface area contributed by atoms with E-state index >= 15 is 0 Å². The van der Waals surface area contributed by atoms with Crippen LogP contribution in [0.25, 0.3) is 0 Å². The lowest BCUT2D eigenvalue weighted by atomic mass is 10.0. The van der Waals surface area contributed by atoms with E-state index in [1.807, 2.05) is 0 Å². The Balaban J connectivity index is 0.961. The van der Waals surface area contributed by atoms with Crippen molar-refractivity contribution in [2.24, 2.45) is 0 Å². The van der Waals surface area contributed by atoms with Crippen LogP contribution in [0, 0.1) is 0 Å². The predicted molar refractivity (Wildman–Crippen MR) is 311 cm³/mol. The smallest absolute Gasteiger partial charge is 0.343 e. The molecule has 0 heterocycles. The molecule has 424 valence electrons. The van der Waals surface area contributed by atoms with Gasteiger partial charge in [-0.25, -0.2) is 9.59 Å². The number of rotatable bonds is 46. The van der Waals surface area contributed by atoms with Gasteiger partial charge in [-0.3, -0.25) is 9.59 Å². The maximum atomic E-state index is 12.8. The molecular formula is C67H96O10. The molecule has 0 atom stereocenters. The molecule has 0 fully saturated rings. The molecule has 10 nitrogen and oxygen atoms in total. The van der Waals surface area contributed by atoms with Crippen LogP contribution >= 0.6 is 0 Å². The average molecular weight is 1060 g/mol. The summed E-state index contributed by atoms with van der Waals surface area (Å²) in [5, 5.41) is 0. The minimum absolute atomic E-state index is 0.183. The van der Waals surface area contributed by atoms with Crippen molar-refractivity contribution in [3.05, 3.63) is 108 Å². The summed E-state index contributed by atoms with van der Waals surface area (Å²) in [5.41, 5.74) is 0.816. The Morgan fingerprint density at radius 3 is 0.753 bits per heavy atom. The zero-order valence-electron chi connectivity index (χ0n) is 47.5. The van der Waals surface area contributed by atoms with E-state index in [4.69, 9.17) is 28.4 Å². The Morgan fingerprint density at radius 1 is 0.260 bits per heavy atom. The van der Waals surface area contributed by atoms with Gasteiger partial charge in [-0.15, -0.1) is 0 Å². The van der Waals surface area contributed by atoms with Crippen molar-refractivity contribution >= 4 is 23.9 Å². The van der Waals surface area contributed by atoms with Crippen LogP contribution < -0.4 is 28.4 Å². The van der Waals surface area contributed by atoms with Gasteiger partial charge in [0.05, 0.1) is 24.3 Å². The quantitative estimate of drug-likeness (QED) is 0.0240. The topological polar surface area (TPSA) is 124 Å². The number of hydrogen-bond donors (Lipinski definition) is 0. The molecule has 0 saturated heterocycles. The normalized spacial score (nSPS) is 11.0. The zero-order valence-corrected chi connectivity index (χ0v) is 47.5. The van der Waals surface area contributed by atoms with E-state index in [2.05, 4.69) is 13.8 Å². The lowest BCUT2D eigenvalue weighted by Gasteiger charge is -2.09. The fourth-order valence-corrected chi connectivity index (χ4v) is 9.27. The van der Waals surface area contributed by atoms with E-state index in [-0.39, 0.29) is 12.8 Å². The summed E-state index contributed by atoms with van der Waals surface area (Å²) in [6, 6.07) is 26.6. The maximum absolute atomic E-state index is 12.8. The van der Waals surface area contributed by atoms with Crippen molar-refractivity contribution in [3.63, 3.8) is 0 Å². The predicted octanol–water partition coefficient (Wildman–Crippen LogP) is 19.1. The SMILES string of the molecule is CCCCCCCCCCCCCCCCCOc1ccc(C(=O)Oc2ccc(OC(=O)CCCCCC(=O)Oc3ccc(OC(=O)c4ccc(OCCCCCCCCCCCCCCCCC)cc4)cc3)cc2)cc1. The number of unbranched alkanes of at least 4 members (excludes halogenated alkanes) is 30. The fraction of sp³-hybridized carbons (Fsp3) is 0.582. The molecule has 10 heteroatoms. The highest BCUT2D eigenvalue weighted by molar-refractivity contribution is 5.91. The zero-order chi connectivity index (χ0) is 54.6. The summed E-state index contributed by atoms with van der Waals surface area (Å²) in [7, 11) is 0.